The van der Waals surface area contributed by atoms with E-state index in [9.17, 15) is 22.8 Å². The average molecular weight is 484 g/mol. The highest BCUT2D eigenvalue weighted by Crippen LogP contribution is 2.38. The van der Waals surface area contributed by atoms with Gasteiger partial charge in [0.05, 0.1) is 28.0 Å². The number of nitrogens with one attached hydrogen (secondary N) is 1. The number of nitrogens with zero attached hydrogens (tertiary/aromatic N) is 2. The van der Waals surface area contributed by atoms with Gasteiger partial charge in [-0.15, -0.1) is 22.7 Å². The smallest absolute Gasteiger partial charge is 0.323 e. The van der Waals surface area contributed by atoms with E-state index in [1.54, 1.807) is 0 Å². The van der Waals surface area contributed by atoms with E-state index in [0.29, 0.717) is 10.2 Å². The van der Waals surface area contributed by atoms with Gasteiger partial charge in [-0.05, 0) is 31.2 Å². The third-order valence-corrected chi connectivity index (χ3v) is 6.70. The second kappa shape index (κ2) is 8.10. The summed E-state index contributed by atoms with van der Waals surface area (Å²) in [6.45, 7) is 1.44. The normalized spacial score (nSPS) is 11.8. The van der Waals surface area contributed by atoms with Crippen molar-refractivity contribution in [3.63, 3.8) is 0 Å². The van der Waals surface area contributed by atoms with Crippen molar-refractivity contribution >= 4 is 56.1 Å². The van der Waals surface area contributed by atoms with Gasteiger partial charge in [-0.1, -0.05) is 17.7 Å². The van der Waals surface area contributed by atoms with Crippen molar-refractivity contribution in [1.29, 1.82) is 0 Å². The van der Waals surface area contributed by atoms with Crippen LogP contribution < -0.4 is 10.9 Å². The summed E-state index contributed by atoms with van der Waals surface area (Å²) in [5.74, 6) is -0.828. The van der Waals surface area contributed by atoms with E-state index >= 15 is 0 Å². The zero-order valence-electron chi connectivity index (χ0n) is 15.8. The minimum atomic E-state index is -4.70. The van der Waals surface area contributed by atoms with Crippen molar-refractivity contribution in [3.05, 3.63) is 67.9 Å². The quantitative estimate of drug-likeness (QED) is 0.398. The standard InChI is InChI=1S/C20H13ClF3N3O2S2/c1-10-5-6-14(31-10)11-8-30-18-16(11)19(29)27(9-25-18)7-15(28)26-17-12(20(22,23)24)3-2-4-13(17)21/h2-6,8-9H,7H2,1H3,(H,26,28). The first-order valence-corrected chi connectivity index (χ1v) is 10.9. The van der Waals surface area contributed by atoms with Crippen LogP contribution in [-0.2, 0) is 17.5 Å². The Kier molecular flexibility index (Phi) is 5.63. The fraction of sp³-hybridized carbons (Fsp3) is 0.150. The number of alkyl halides is 3. The molecule has 0 aliphatic carbocycles. The van der Waals surface area contributed by atoms with Gasteiger partial charge >= 0.3 is 6.18 Å². The number of thiophene rings is 2. The molecule has 5 nitrogen and oxygen atoms in total. The first kappa shape index (κ1) is 21.5. The summed E-state index contributed by atoms with van der Waals surface area (Å²) < 4.78 is 40.8. The fourth-order valence-corrected chi connectivity index (χ4v) is 5.15. The molecule has 0 spiro atoms. The molecule has 0 saturated carbocycles. The number of benzene rings is 1. The highest BCUT2D eigenvalue weighted by Gasteiger charge is 2.34. The second-order valence-corrected chi connectivity index (χ2v) is 9.18. The van der Waals surface area contributed by atoms with Gasteiger partial charge < -0.3 is 5.32 Å². The Hall–Kier alpha value is -2.69. The summed E-state index contributed by atoms with van der Waals surface area (Å²) in [4.78, 5) is 32.2. The van der Waals surface area contributed by atoms with Crippen LogP contribution in [0.4, 0.5) is 18.9 Å². The number of para-hydroxylation sites is 1. The van der Waals surface area contributed by atoms with Crippen molar-refractivity contribution < 1.29 is 18.0 Å². The monoisotopic (exact) mass is 483 g/mol. The number of amides is 1. The summed E-state index contributed by atoms with van der Waals surface area (Å²) in [5, 5.41) is 4.13. The van der Waals surface area contributed by atoms with Crippen molar-refractivity contribution in [3.8, 4) is 10.4 Å². The van der Waals surface area contributed by atoms with Crippen molar-refractivity contribution in [2.45, 2.75) is 19.6 Å². The molecule has 4 rings (SSSR count). The topological polar surface area (TPSA) is 64.0 Å². The number of rotatable bonds is 4. The van der Waals surface area contributed by atoms with Gasteiger partial charge in [0, 0.05) is 20.7 Å². The molecule has 1 amide bonds. The van der Waals surface area contributed by atoms with Crippen LogP contribution in [0.15, 0.2) is 46.8 Å². The van der Waals surface area contributed by atoms with Crippen LogP contribution in [0.2, 0.25) is 5.02 Å². The van der Waals surface area contributed by atoms with Gasteiger partial charge in [-0.2, -0.15) is 13.2 Å². The van der Waals surface area contributed by atoms with Crippen LogP contribution in [0.1, 0.15) is 10.4 Å². The van der Waals surface area contributed by atoms with E-state index in [2.05, 4.69) is 10.3 Å². The van der Waals surface area contributed by atoms with Crippen molar-refractivity contribution in [2.24, 2.45) is 0 Å². The second-order valence-electron chi connectivity index (χ2n) is 6.63. The molecule has 1 N–H and O–H groups in total. The lowest BCUT2D eigenvalue weighted by atomic mass is 10.1. The highest BCUT2D eigenvalue weighted by atomic mass is 35.5. The minimum absolute atomic E-state index is 0.253. The van der Waals surface area contributed by atoms with Crippen LogP contribution in [-0.4, -0.2) is 15.5 Å². The van der Waals surface area contributed by atoms with E-state index in [4.69, 9.17) is 11.6 Å². The molecule has 4 aromatic rings. The molecule has 3 heterocycles. The van der Waals surface area contributed by atoms with Crippen LogP contribution in [0.25, 0.3) is 20.7 Å². The molecular formula is C20H13ClF3N3O2S2. The molecule has 160 valence electrons. The maximum atomic E-state index is 13.2. The number of fused-ring (bicyclic) bond motifs is 1. The SMILES string of the molecule is Cc1ccc(-c2csc3ncn(CC(=O)Nc4c(Cl)cccc4C(F)(F)F)c(=O)c23)s1. The Morgan fingerprint density at radius 1 is 1.26 bits per heavy atom. The van der Waals surface area contributed by atoms with E-state index in [1.807, 2.05) is 24.4 Å². The van der Waals surface area contributed by atoms with E-state index in [0.717, 1.165) is 32.0 Å². The number of aromatic nitrogens is 2. The zero-order chi connectivity index (χ0) is 22.3. The molecule has 0 atom stereocenters. The summed E-state index contributed by atoms with van der Waals surface area (Å²) in [6, 6.07) is 7.05. The lowest BCUT2D eigenvalue weighted by Crippen LogP contribution is -2.28. The molecule has 3 aromatic heterocycles. The number of anilines is 1. The summed E-state index contributed by atoms with van der Waals surface area (Å²) in [7, 11) is 0. The van der Waals surface area contributed by atoms with Gasteiger partial charge in [0.2, 0.25) is 5.91 Å². The third-order valence-electron chi connectivity index (χ3n) is 4.46. The van der Waals surface area contributed by atoms with Crippen LogP contribution in [0, 0.1) is 6.92 Å². The van der Waals surface area contributed by atoms with Gasteiger partial charge in [-0.3, -0.25) is 14.2 Å². The first-order chi connectivity index (χ1) is 14.6. The maximum absolute atomic E-state index is 13.2. The fourth-order valence-electron chi connectivity index (χ4n) is 3.06. The third kappa shape index (κ3) is 4.23. The number of halogens is 4. The number of hydrogen-bond donors (Lipinski definition) is 1. The Balaban J connectivity index is 1.67. The van der Waals surface area contributed by atoms with E-state index in [-0.39, 0.29) is 5.02 Å². The molecule has 0 aliphatic rings. The predicted molar refractivity (Wildman–Crippen MR) is 117 cm³/mol. The lowest BCUT2D eigenvalue weighted by Gasteiger charge is -2.15. The highest BCUT2D eigenvalue weighted by molar-refractivity contribution is 7.19. The van der Waals surface area contributed by atoms with E-state index < -0.39 is 35.4 Å². The van der Waals surface area contributed by atoms with Crippen LogP contribution in [0.3, 0.4) is 0 Å². The lowest BCUT2D eigenvalue weighted by molar-refractivity contribution is -0.137. The van der Waals surface area contributed by atoms with Crippen LogP contribution in [0.5, 0.6) is 0 Å². The summed E-state index contributed by atoms with van der Waals surface area (Å²) in [6.07, 6.45) is -3.49. The number of carbonyl (C=O) groups excluding carboxylic acids is 1. The number of hydrogen-bond acceptors (Lipinski definition) is 5. The Morgan fingerprint density at radius 2 is 2.03 bits per heavy atom. The minimum Gasteiger partial charge on any atom is -0.323 e. The molecule has 0 aliphatic heterocycles. The van der Waals surface area contributed by atoms with E-state index in [1.165, 1.54) is 35.1 Å². The summed E-state index contributed by atoms with van der Waals surface area (Å²) in [5.41, 5.74) is -1.34. The Bertz CT molecular complexity index is 1360. The predicted octanol–water partition coefficient (Wildman–Crippen LogP) is 5.81. The number of carbonyl (C=O) groups is 1. The zero-order valence-corrected chi connectivity index (χ0v) is 18.2. The van der Waals surface area contributed by atoms with Crippen LogP contribution >= 0.6 is 34.3 Å². The molecule has 0 unspecified atom stereocenters. The van der Waals surface area contributed by atoms with Gasteiger partial charge in [0.1, 0.15) is 11.4 Å². The molecule has 31 heavy (non-hydrogen) atoms. The molecular weight excluding hydrogens is 471 g/mol. The Morgan fingerprint density at radius 3 is 2.71 bits per heavy atom. The van der Waals surface area contributed by atoms with Gasteiger partial charge in [-0.25, -0.2) is 4.98 Å². The number of aryl methyl sites for hydroxylation is 1. The Labute approximate surface area is 186 Å². The molecule has 11 heteroatoms. The maximum Gasteiger partial charge on any atom is 0.418 e. The summed E-state index contributed by atoms with van der Waals surface area (Å²) >= 11 is 8.71. The van der Waals surface area contributed by atoms with Gasteiger partial charge in [0.25, 0.3) is 5.56 Å². The van der Waals surface area contributed by atoms with Gasteiger partial charge in [0.15, 0.2) is 0 Å². The molecule has 0 fully saturated rings. The molecule has 0 saturated heterocycles. The molecule has 1 aromatic carbocycles. The molecule has 0 radical (unpaired) electrons. The average Bonchev–Trinajstić information content (AvgIpc) is 3.31. The largest absolute Gasteiger partial charge is 0.418 e. The van der Waals surface area contributed by atoms with Crippen molar-refractivity contribution in [2.75, 3.05) is 5.32 Å². The first-order valence-electron chi connectivity index (χ1n) is 8.84. The molecule has 0 bridgehead atoms. The van der Waals surface area contributed by atoms with Crippen molar-refractivity contribution in [1.82, 2.24) is 9.55 Å².